The Morgan fingerprint density at radius 3 is 2.72 bits per heavy atom. The topological polar surface area (TPSA) is 64.8 Å². The molecule has 1 aromatic rings. The highest BCUT2D eigenvalue weighted by atomic mass is 16.3. The molecule has 2 saturated heterocycles. The number of aryl methyl sites for hydroxylation is 1. The van der Waals surface area contributed by atoms with Crippen LogP contribution < -0.4 is 0 Å². The zero-order valence-corrected chi connectivity index (χ0v) is 15.5. The van der Waals surface area contributed by atoms with Crippen LogP contribution in [-0.4, -0.2) is 86.7 Å². The summed E-state index contributed by atoms with van der Waals surface area (Å²) >= 11 is 0. The summed E-state index contributed by atoms with van der Waals surface area (Å²) in [6.07, 6.45) is 6.62. The number of aliphatic hydroxyl groups is 1. The lowest BCUT2D eigenvalue weighted by Gasteiger charge is -2.41. The first-order valence-corrected chi connectivity index (χ1v) is 9.34. The van der Waals surface area contributed by atoms with E-state index in [0.29, 0.717) is 13.1 Å². The van der Waals surface area contributed by atoms with E-state index in [2.05, 4.69) is 14.8 Å². The lowest BCUT2D eigenvalue weighted by molar-refractivity contribution is -0.128. The first-order valence-electron chi connectivity index (χ1n) is 9.34. The van der Waals surface area contributed by atoms with Gasteiger partial charge in [-0.2, -0.15) is 0 Å². The Balaban J connectivity index is 1.55. The van der Waals surface area contributed by atoms with E-state index < -0.39 is 5.60 Å². The molecule has 0 bridgehead atoms. The Kier molecular flexibility index (Phi) is 5.76. The van der Waals surface area contributed by atoms with E-state index in [0.717, 1.165) is 64.4 Å². The van der Waals surface area contributed by atoms with Crippen molar-refractivity contribution in [1.29, 1.82) is 0 Å². The molecular weight excluding hydrogens is 318 g/mol. The molecule has 0 spiro atoms. The van der Waals surface area contributed by atoms with Gasteiger partial charge in [-0.1, -0.05) is 0 Å². The number of piperidine rings is 1. The Morgan fingerprint density at radius 2 is 2.00 bits per heavy atom. The van der Waals surface area contributed by atoms with Crippen molar-refractivity contribution in [3.63, 3.8) is 0 Å². The van der Waals surface area contributed by atoms with E-state index >= 15 is 0 Å². The Labute approximate surface area is 150 Å². The zero-order chi connectivity index (χ0) is 17.9. The molecule has 3 rings (SSSR count). The minimum atomic E-state index is -0.672. The molecule has 3 heterocycles. The first-order chi connectivity index (χ1) is 12.0. The predicted octanol–water partition coefficient (Wildman–Crippen LogP) is 0.301. The summed E-state index contributed by atoms with van der Waals surface area (Å²) in [7, 11) is 2.01. The predicted molar refractivity (Wildman–Crippen MR) is 96.0 cm³/mol. The Bertz CT molecular complexity index is 590. The fourth-order valence-electron chi connectivity index (χ4n) is 4.08. The largest absolute Gasteiger partial charge is 0.387 e. The second kappa shape index (κ2) is 7.85. The van der Waals surface area contributed by atoms with Crippen LogP contribution in [0, 0.1) is 0 Å². The van der Waals surface area contributed by atoms with E-state index in [-0.39, 0.29) is 5.91 Å². The summed E-state index contributed by atoms with van der Waals surface area (Å²) in [5, 5.41) is 11.2. The number of β-amino-alcohol motifs (C(OH)–C–C–N with tert-alkyl or cyclic N) is 1. The molecule has 2 aliphatic heterocycles. The second-order valence-electron chi connectivity index (χ2n) is 7.63. The smallest absolute Gasteiger partial charge is 0.219 e. The number of likely N-dealkylation sites (tertiary alicyclic amines) is 1. The highest BCUT2D eigenvalue weighted by molar-refractivity contribution is 5.73. The third-order valence-electron chi connectivity index (χ3n) is 5.47. The molecule has 0 radical (unpaired) electrons. The standard InChI is InChI=1S/C18H31N5O2/c1-16(24)23-9-4-8-21(11-12-23)14-18(25)5-3-7-22(15-18)13-17-19-6-10-20(17)2/h6,10,25H,3-5,7-9,11-15H2,1-2H3. The van der Waals surface area contributed by atoms with Crippen molar-refractivity contribution in [3.8, 4) is 0 Å². The van der Waals surface area contributed by atoms with Crippen LogP contribution in [-0.2, 0) is 18.4 Å². The van der Waals surface area contributed by atoms with Crippen molar-refractivity contribution in [2.45, 2.75) is 38.3 Å². The van der Waals surface area contributed by atoms with Gasteiger partial charge in [-0.3, -0.25) is 14.6 Å². The van der Waals surface area contributed by atoms with Gasteiger partial charge in [0.1, 0.15) is 5.82 Å². The summed E-state index contributed by atoms with van der Waals surface area (Å²) in [5.74, 6) is 1.19. The number of imidazole rings is 1. The molecule has 1 amide bonds. The molecular formula is C18H31N5O2. The van der Waals surface area contributed by atoms with Gasteiger partial charge in [0.25, 0.3) is 0 Å². The average molecular weight is 349 g/mol. The molecule has 0 aromatic carbocycles. The van der Waals surface area contributed by atoms with Gasteiger partial charge in [0.2, 0.25) is 5.91 Å². The molecule has 2 aliphatic rings. The van der Waals surface area contributed by atoms with Crippen LogP contribution in [0.15, 0.2) is 12.4 Å². The third kappa shape index (κ3) is 4.80. The van der Waals surface area contributed by atoms with Crippen molar-refractivity contribution in [3.05, 3.63) is 18.2 Å². The van der Waals surface area contributed by atoms with Gasteiger partial charge in [-0.25, -0.2) is 4.98 Å². The van der Waals surface area contributed by atoms with Gasteiger partial charge in [0, 0.05) is 65.6 Å². The van der Waals surface area contributed by atoms with E-state index in [9.17, 15) is 9.90 Å². The molecule has 1 aromatic heterocycles. The first kappa shape index (κ1) is 18.4. The van der Waals surface area contributed by atoms with Crippen molar-refractivity contribution in [2.24, 2.45) is 7.05 Å². The number of nitrogens with zero attached hydrogens (tertiary/aromatic N) is 5. The maximum absolute atomic E-state index is 11.6. The number of carbonyl (C=O) groups excluding carboxylic acids is 1. The lowest BCUT2D eigenvalue weighted by Crippen LogP contribution is -2.54. The van der Waals surface area contributed by atoms with Crippen LogP contribution in [0.2, 0.25) is 0 Å². The summed E-state index contributed by atoms with van der Waals surface area (Å²) < 4.78 is 2.04. The highest BCUT2D eigenvalue weighted by Crippen LogP contribution is 2.24. The molecule has 1 N–H and O–H groups in total. The van der Waals surface area contributed by atoms with E-state index in [1.165, 1.54) is 0 Å². The van der Waals surface area contributed by atoms with Crippen LogP contribution in [0.4, 0.5) is 0 Å². The molecule has 7 heteroatoms. The molecule has 0 saturated carbocycles. The summed E-state index contributed by atoms with van der Waals surface area (Å²) in [5.41, 5.74) is -0.672. The number of hydrogen-bond donors (Lipinski definition) is 1. The molecule has 2 fully saturated rings. The zero-order valence-electron chi connectivity index (χ0n) is 15.5. The second-order valence-corrected chi connectivity index (χ2v) is 7.63. The van der Waals surface area contributed by atoms with E-state index in [1.54, 1.807) is 6.92 Å². The molecule has 7 nitrogen and oxygen atoms in total. The van der Waals surface area contributed by atoms with Crippen LogP contribution in [0.1, 0.15) is 32.0 Å². The van der Waals surface area contributed by atoms with Crippen molar-refractivity contribution in [1.82, 2.24) is 24.3 Å². The Hall–Kier alpha value is -1.44. The van der Waals surface area contributed by atoms with Crippen LogP contribution in [0.25, 0.3) is 0 Å². The number of aromatic nitrogens is 2. The SMILES string of the molecule is CC(=O)N1CCCN(CC2(O)CCCN(Cc3nccn3C)C2)CC1. The minimum absolute atomic E-state index is 0.152. The van der Waals surface area contributed by atoms with Gasteiger partial charge in [0.15, 0.2) is 0 Å². The van der Waals surface area contributed by atoms with Gasteiger partial charge in [-0.05, 0) is 25.8 Å². The fraction of sp³-hybridized carbons (Fsp3) is 0.778. The third-order valence-corrected chi connectivity index (χ3v) is 5.47. The quantitative estimate of drug-likeness (QED) is 0.847. The monoisotopic (exact) mass is 349 g/mol. The molecule has 140 valence electrons. The number of hydrogen-bond acceptors (Lipinski definition) is 5. The normalized spacial score (nSPS) is 26.6. The van der Waals surface area contributed by atoms with Crippen molar-refractivity contribution in [2.75, 3.05) is 45.8 Å². The Morgan fingerprint density at radius 1 is 1.20 bits per heavy atom. The maximum atomic E-state index is 11.6. The van der Waals surface area contributed by atoms with Gasteiger partial charge >= 0.3 is 0 Å². The van der Waals surface area contributed by atoms with Crippen LogP contribution >= 0.6 is 0 Å². The number of rotatable bonds is 4. The average Bonchev–Trinajstić information content (AvgIpc) is 2.81. The maximum Gasteiger partial charge on any atom is 0.219 e. The minimum Gasteiger partial charge on any atom is -0.387 e. The molecule has 1 unspecified atom stereocenters. The molecule has 25 heavy (non-hydrogen) atoms. The van der Waals surface area contributed by atoms with Crippen LogP contribution in [0.3, 0.4) is 0 Å². The van der Waals surface area contributed by atoms with Gasteiger partial charge in [0.05, 0.1) is 12.1 Å². The van der Waals surface area contributed by atoms with E-state index in [4.69, 9.17) is 0 Å². The van der Waals surface area contributed by atoms with Crippen LogP contribution in [0.5, 0.6) is 0 Å². The summed E-state index contributed by atoms with van der Waals surface area (Å²) in [4.78, 5) is 22.5. The number of carbonyl (C=O) groups is 1. The number of amides is 1. The van der Waals surface area contributed by atoms with Crippen molar-refractivity contribution < 1.29 is 9.90 Å². The van der Waals surface area contributed by atoms with E-state index in [1.807, 2.05) is 28.9 Å². The lowest BCUT2D eigenvalue weighted by atomic mass is 9.92. The van der Waals surface area contributed by atoms with Crippen molar-refractivity contribution >= 4 is 5.91 Å². The summed E-state index contributed by atoms with van der Waals surface area (Å²) in [6.45, 7) is 8.20. The molecule has 0 aliphatic carbocycles. The summed E-state index contributed by atoms with van der Waals surface area (Å²) in [6, 6.07) is 0. The van der Waals surface area contributed by atoms with Gasteiger partial charge in [-0.15, -0.1) is 0 Å². The molecule has 1 atom stereocenters. The van der Waals surface area contributed by atoms with Gasteiger partial charge < -0.3 is 14.6 Å². The highest BCUT2D eigenvalue weighted by Gasteiger charge is 2.35. The fourth-order valence-corrected chi connectivity index (χ4v) is 4.08.